The molecule has 0 unspecified atom stereocenters. The van der Waals surface area contributed by atoms with Gasteiger partial charge in [-0.3, -0.25) is 4.79 Å². The van der Waals surface area contributed by atoms with E-state index in [1.807, 2.05) is 0 Å². The van der Waals surface area contributed by atoms with Crippen LogP contribution in [0.2, 0.25) is 0 Å². The quantitative estimate of drug-likeness (QED) is 0.748. The largest absolute Gasteiger partial charge is 0.442 e. The molecule has 1 saturated carbocycles. The van der Waals surface area contributed by atoms with Crippen LogP contribution in [0.4, 0.5) is 10.2 Å². The Morgan fingerprint density at radius 2 is 2.11 bits per heavy atom. The first-order valence-corrected chi connectivity index (χ1v) is 9.52. The highest BCUT2D eigenvalue weighted by Gasteiger charge is 2.39. The highest BCUT2D eigenvalue weighted by atomic mass is 19.1. The number of anilines is 1. The number of hydrogen-bond donors (Lipinski definition) is 1. The standard InChI is InChI=1S/C21H21FN4O2/c1-12-16(17-18(25-21(2)6-7-21)23-11-24-19(17)28-12)20(27)26-8-5-13-3-4-15(22)9-14(13)10-26/h3-4,9,11H,5-8,10H2,1-2H3,(H,23,24,25). The number of nitrogens with one attached hydrogen (secondary N) is 1. The summed E-state index contributed by atoms with van der Waals surface area (Å²) in [7, 11) is 0. The predicted molar refractivity (Wildman–Crippen MR) is 103 cm³/mol. The van der Waals surface area contributed by atoms with Gasteiger partial charge in [-0.2, -0.15) is 0 Å². The van der Waals surface area contributed by atoms with Gasteiger partial charge in [0.1, 0.15) is 23.7 Å². The first-order chi connectivity index (χ1) is 13.4. The third-order valence-corrected chi connectivity index (χ3v) is 5.77. The molecule has 3 heterocycles. The Labute approximate surface area is 161 Å². The average Bonchev–Trinajstić information content (AvgIpc) is 3.29. The van der Waals surface area contributed by atoms with E-state index in [-0.39, 0.29) is 17.3 Å². The zero-order valence-corrected chi connectivity index (χ0v) is 15.9. The fourth-order valence-electron chi connectivity index (χ4n) is 3.85. The van der Waals surface area contributed by atoms with Crippen LogP contribution in [-0.2, 0) is 13.0 Å². The third-order valence-electron chi connectivity index (χ3n) is 5.77. The Kier molecular flexibility index (Phi) is 3.69. The van der Waals surface area contributed by atoms with Crippen LogP contribution in [0.5, 0.6) is 0 Å². The minimum atomic E-state index is -0.282. The predicted octanol–water partition coefficient (Wildman–Crippen LogP) is 3.83. The molecule has 3 aromatic rings. The van der Waals surface area contributed by atoms with Gasteiger partial charge < -0.3 is 14.6 Å². The number of aromatic nitrogens is 2. The van der Waals surface area contributed by atoms with Crippen molar-refractivity contribution < 1.29 is 13.6 Å². The maximum Gasteiger partial charge on any atom is 0.258 e. The maximum absolute atomic E-state index is 13.6. The van der Waals surface area contributed by atoms with E-state index in [2.05, 4.69) is 22.2 Å². The molecule has 1 fully saturated rings. The van der Waals surface area contributed by atoms with Crippen LogP contribution in [0, 0.1) is 12.7 Å². The molecule has 6 nitrogen and oxygen atoms in total. The highest BCUT2D eigenvalue weighted by Crippen LogP contribution is 2.40. The van der Waals surface area contributed by atoms with Crippen LogP contribution in [-0.4, -0.2) is 32.9 Å². The van der Waals surface area contributed by atoms with E-state index in [1.54, 1.807) is 17.9 Å². The molecule has 0 bridgehead atoms. The minimum absolute atomic E-state index is 0.00830. The normalized spacial score (nSPS) is 17.5. The van der Waals surface area contributed by atoms with Gasteiger partial charge >= 0.3 is 0 Å². The molecule has 0 spiro atoms. The van der Waals surface area contributed by atoms with Gasteiger partial charge in [0.2, 0.25) is 5.71 Å². The topological polar surface area (TPSA) is 71.3 Å². The Balaban J connectivity index is 1.54. The highest BCUT2D eigenvalue weighted by molar-refractivity contribution is 6.10. The van der Waals surface area contributed by atoms with E-state index < -0.39 is 0 Å². The molecule has 1 aliphatic heterocycles. The van der Waals surface area contributed by atoms with E-state index in [9.17, 15) is 9.18 Å². The van der Waals surface area contributed by atoms with Gasteiger partial charge in [0, 0.05) is 18.6 Å². The summed E-state index contributed by atoms with van der Waals surface area (Å²) >= 11 is 0. The van der Waals surface area contributed by atoms with Crippen molar-refractivity contribution in [3.63, 3.8) is 0 Å². The molecule has 0 atom stereocenters. The van der Waals surface area contributed by atoms with Crippen molar-refractivity contribution in [2.45, 2.75) is 45.2 Å². The number of fused-ring (bicyclic) bond motifs is 2. The van der Waals surface area contributed by atoms with E-state index >= 15 is 0 Å². The Bertz CT molecular complexity index is 1100. The molecule has 28 heavy (non-hydrogen) atoms. The first-order valence-electron chi connectivity index (χ1n) is 9.52. The van der Waals surface area contributed by atoms with Gasteiger partial charge in [-0.25, -0.2) is 14.4 Å². The average molecular weight is 380 g/mol. The Morgan fingerprint density at radius 1 is 1.29 bits per heavy atom. The number of furan rings is 1. The van der Waals surface area contributed by atoms with Crippen molar-refractivity contribution in [3.05, 3.63) is 52.8 Å². The number of carbonyl (C=O) groups is 1. The van der Waals surface area contributed by atoms with E-state index in [0.29, 0.717) is 47.8 Å². The van der Waals surface area contributed by atoms with E-state index in [4.69, 9.17) is 4.42 Å². The van der Waals surface area contributed by atoms with Gasteiger partial charge in [0.05, 0.1) is 10.9 Å². The molecular formula is C21H21FN4O2. The zero-order chi connectivity index (χ0) is 19.5. The number of aryl methyl sites for hydroxylation is 1. The molecule has 0 radical (unpaired) electrons. The maximum atomic E-state index is 13.6. The third kappa shape index (κ3) is 2.82. The lowest BCUT2D eigenvalue weighted by Gasteiger charge is -2.29. The van der Waals surface area contributed by atoms with Crippen molar-refractivity contribution >= 4 is 22.8 Å². The van der Waals surface area contributed by atoms with Gasteiger partial charge in [0.25, 0.3) is 5.91 Å². The Morgan fingerprint density at radius 3 is 2.89 bits per heavy atom. The summed E-state index contributed by atoms with van der Waals surface area (Å²) in [4.78, 5) is 23.7. The molecule has 2 aromatic heterocycles. The number of halogens is 1. The van der Waals surface area contributed by atoms with E-state index in [1.165, 1.54) is 18.5 Å². The summed E-state index contributed by atoms with van der Waals surface area (Å²) in [6.07, 6.45) is 4.28. The zero-order valence-electron chi connectivity index (χ0n) is 15.9. The molecule has 1 N–H and O–H groups in total. The van der Waals surface area contributed by atoms with Crippen LogP contribution in [0.3, 0.4) is 0 Å². The van der Waals surface area contributed by atoms with Crippen molar-refractivity contribution in [2.24, 2.45) is 0 Å². The molecule has 144 valence electrons. The van der Waals surface area contributed by atoms with Crippen molar-refractivity contribution in [1.82, 2.24) is 14.9 Å². The first kappa shape index (κ1) is 17.2. The lowest BCUT2D eigenvalue weighted by Crippen LogP contribution is -2.36. The fraction of sp³-hybridized carbons (Fsp3) is 0.381. The molecule has 1 aromatic carbocycles. The van der Waals surface area contributed by atoms with Gasteiger partial charge in [-0.15, -0.1) is 0 Å². The molecule has 5 rings (SSSR count). The fourth-order valence-corrected chi connectivity index (χ4v) is 3.85. The van der Waals surface area contributed by atoms with Crippen LogP contribution >= 0.6 is 0 Å². The van der Waals surface area contributed by atoms with Crippen LogP contribution < -0.4 is 5.32 Å². The number of benzene rings is 1. The van der Waals surface area contributed by atoms with E-state index in [0.717, 1.165) is 24.0 Å². The van der Waals surface area contributed by atoms with Gasteiger partial charge in [-0.1, -0.05) is 6.07 Å². The molecular weight excluding hydrogens is 359 g/mol. The molecule has 0 saturated heterocycles. The van der Waals surface area contributed by atoms with Crippen LogP contribution in [0.25, 0.3) is 11.1 Å². The smallest absolute Gasteiger partial charge is 0.258 e. The SMILES string of the molecule is Cc1oc2ncnc(NC3(C)CC3)c2c1C(=O)N1CCc2ccc(F)cc2C1. The number of carbonyl (C=O) groups excluding carboxylic acids is 1. The Hall–Kier alpha value is -2.96. The second-order valence-electron chi connectivity index (χ2n) is 8.01. The van der Waals surface area contributed by atoms with Gasteiger partial charge in [0.15, 0.2) is 0 Å². The summed E-state index contributed by atoms with van der Waals surface area (Å²) < 4.78 is 19.4. The number of rotatable bonds is 3. The molecule has 7 heteroatoms. The van der Waals surface area contributed by atoms with Crippen molar-refractivity contribution in [1.29, 1.82) is 0 Å². The summed E-state index contributed by atoms with van der Waals surface area (Å²) in [5, 5.41) is 4.07. The number of amides is 1. The minimum Gasteiger partial charge on any atom is -0.442 e. The lowest BCUT2D eigenvalue weighted by atomic mass is 9.98. The van der Waals surface area contributed by atoms with Crippen molar-refractivity contribution in [3.8, 4) is 0 Å². The molecule has 1 aliphatic carbocycles. The summed E-state index contributed by atoms with van der Waals surface area (Å²) in [5.41, 5.74) is 2.85. The summed E-state index contributed by atoms with van der Waals surface area (Å²) in [6, 6.07) is 4.79. The summed E-state index contributed by atoms with van der Waals surface area (Å²) in [5.74, 6) is 0.740. The van der Waals surface area contributed by atoms with Crippen molar-refractivity contribution in [2.75, 3.05) is 11.9 Å². The molecule has 1 amide bonds. The number of hydrogen-bond acceptors (Lipinski definition) is 5. The van der Waals surface area contributed by atoms with Gasteiger partial charge in [-0.05, 0) is 56.4 Å². The summed E-state index contributed by atoms with van der Waals surface area (Å²) in [6.45, 7) is 4.87. The monoisotopic (exact) mass is 380 g/mol. The van der Waals surface area contributed by atoms with Crippen LogP contribution in [0.15, 0.2) is 28.9 Å². The molecule has 2 aliphatic rings. The second-order valence-corrected chi connectivity index (χ2v) is 8.01. The number of nitrogens with zero attached hydrogens (tertiary/aromatic N) is 3. The second kappa shape index (κ2) is 6.02. The van der Waals surface area contributed by atoms with Crippen LogP contribution in [0.1, 0.15) is 47.0 Å². The lowest BCUT2D eigenvalue weighted by molar-refractivity contribution is 0.0734.